The first kappa shape index (κ1) is 30.8. The number of nitrogens with two attached hydrogens (primary N) is 2. The summed E-state index contributed by atoms with van der Waals surface area (Å²) in [5.41, 5.74) is 4.74. The Balaban J connectivity index is 0.00000405. The Morgan fingerprint density at radius 3 is 2.26 bits per heavy atom. The van der Waals surface area contributed by atoms with Crippen molar-refractivity contribution in [3.05, 3.63) is 34.9 Å². The number of rotatable bonds is 4. The van der Waals surface area contributed by atoms with Gasteiger partial charge in [-0.25, -0.2) is 14.8 Å². The predicted molar refractivity (Wildman–Crippen MR) is 129 cm³/mol. The van der Waals surface area contributed by atoms with Gasteiger partial charge in [-0.15, -0.1) is 0 Å². The van der Waals surface area contributed by atoms with Crippen LogP contribution < -0.4 is 16.8 Å². The summed E-state index contributed by atoms with van der Waals surface area (Å²) >= 11 is 0. The number of nitrogens with one attached hydrogen (secondary N) is 1. The van der Waals surface area contributed by atoms with E-state index in [9.17, 15) is 50.9 Å². The highest BCUT2D eigenvalue weighted by atomic mass is 19.4. The molecule has 0 unspecified atom stereocenters. The lowest BCUT2D eigenvalue weighted by molar-refractivity contribution is -0.256. The molecule has 4 aliphatic rings. The van der Waals surface area contributed by atoms with Crippen LogP contribution in [0.3, 0.4) is 0 Å². The molecule has 2 fully saturated rings. The van der Waals surface area contributed by atoms with Crippen molar-refractivity contribution in [1.29, 1.82) is 0 Å². The maximum absolute atomic E-state index is 13.6. The standard InChI is InChI=1S/C22H21F6N7O6.CH4/c23-21(24,25)8-1-2-10(22(26,27)28)9(5-8)16(38)41-12-7-35-18(30)31-11(6-34-13(36)3-4-14(34)37)15-19(35,20(12,39)40)33-17(29)32-15;/h1-2,5,11-12,15,39-40H,3-4,6-7H2,(H2,30,31)(H3,29,32,33);1H4/t11-,12-,15-,19-;/m0./s1. The number of hydrogen-bond donors (Lipinski definition) is 5. The molecule has 42 heavy (non-hydrogen) atoms. The van der Waals surface area contributed by atoms with Gasteiger partial charge in [-0.1, -0.05) is 7.43 Å². The number of halogens is 6. The van der Waals surface area contributed by atoms with Gasteiger partial charge in [0.15, 0.2) is 23.7 Å². The van der Waals surface area contributed by atoms with E-state index in [0.717, 1.165) is 9.80 Å². The molecule has 1 aromatic carbocycles. The van der Waals surface area contributed by atoms with Gasteiger partial charge >= 0.3 is 18.3 Å². The fraction of sp³-hybridized carbons (Fsp3) is 0.522. The molecule has 4 atom stereocenters. The SMILES string of the molecule is C.NC1=N[C@H]2[C@H](CN3C(=O)CCC3=O)N=C(N)N3C[C@H](OC(=O)c4cc(C(F)(F)F)ccc4C(F)(F)F)C(O)(O)[C@]23N1. The zero-order chi connectivity index (χ0) is 30.3. The Labute approximate surface area is 232 Å². The molecule has 7 N–H and O–H groups in total. The van der Waals surface area contributed by atoms with Crippen molar-refractivity contribution in [3.8, 4) is 0 Å². The Kier molecular flexibility index (Phi) is 7.13. The molecular weight excluding hydrogens is 584 g/mol. The minimum Gasteiger partial charge on any atom is -0.451 e. The lowest BCUT2D eigenvalue weighted by atomic mass is 9.85. The van der Waals surface area contributed by atoms with Crippen molar-refractivity contribution in [3.63, 3.8) is 0 Å². The number of benzene rings is 1. The van der Waals surface area contributed by atoms with Crippen molar-refractivity contribution in [2.75, 3.05) is 13.1 Å². The number of nitrogens with zero attached hydrogens (tertiary/aromatic N) is 4. The van der Waals surface area contributed by atoms with Crippen LogP contribution in [0, 0.1) is 0 Å². The summed E-state index contributed by atoms with van der Waals surface area (Å²) in [6.45, 7) is -1.12. The van der Waals surface area contributed by atoms with Crippen molar-refractivity contribution in [2.45, 2.75) is 62.3 Å². The van der Waals surface area contributed by atoms with Gasteiger partial charge in [0.2, 0.25) is 17.6 Å². The molecule has 230 valence electrons. The van der Waals surface area contributed by atoms with Crippen LogP contribution in [0.25, 0.3) is 0 Å². The third-order valence-corrected chi connectivity index (χ3v) is 7.39. The molecule has 19 heteroatoms. The third-order valence-electron chi connectivity index (χ3n) is 7.39. The minimum absolute atomic E-state index is 0. The van der Waals surface area contributed by atoms with E-state index in [-0.39, 0.29) is 44.4 Å². The Hall–Kier alpha value is -4.13. The Morgan fingerprint density at radius 2 is 1.69 bits per heavy atom. The molecule has 13 nitrogen and oxygen atoms in total. The fourth-order valence-electron chi connectivity index (χ4n) is 5.51. The number of carbonyl (C=O) groups is 3. The molecule has 0 bridgehead atoms. The quantitative estimate of drug-likeness (QED) is 0.131. The highest BCUT2D eigenvalue weighted by Gasteiger charge is 2.74. The van der Waals surface area contributed by atoms with Gasteiger partial charge in [0.25, 0.3) is 0 Å². The smallest absolute Gasteiger partial charge is 0.417 e. The zero-order valence-electron chi connectivity index (χ0n) is 20.5. The summed E-state index contributed by atoms with van der Waals surface area (Å²) in [7, 11) is 0. The number of alkyl halides is 6. The number of amides is 2. The molecule has 0 aliphatic carbocycles. The summed E-state index contributed by atoms with van der Waals surface area (Å²) in [6, 6.07) is -2.46. The van der Waals surface area contributed by atoms with Crippen LogP contribution in [0.2, 0.25) is 0 Å². The maximum Gasteiger partial charge on any atom is 0.417 e. The lowest BCUT2D eigenvalue weighted by Gasteiger charge is -2.48. The summed E-state index contributed by atoms with van der Waals surface area (Å²) in [6.07, 6.45) is -12.6. The van der Waals surface area contributed by atoms with Crippen LogP contribution >= 0.6 is 0 Å². The predicted octanol–water partition coefficient (Wildman–Crippen LogP) is -0.289. The van der Waals surface area contributed by atoms with Crippen molar-refractivity contribution in [2.24, 2.45) is 21.5 Å². The van der Waals surface area contributed by atoms with E-state index in [1.54, 1.807) is 0 Å². The third kappa shape index (κ3) is 4.55. The Bertz CT molecular complexity index is 1380. The van der Waals surface area contributed by atoms with E-state index >= 15 is 0 Å². The minimum atomic E-state index is -5.27. The average Bonchev–Trinajstić information content (AvgIpc) is 3.45. The van der Waals surface area contributed by atoms with E-state index in [0.29, 0.717) is 0 Å². The molecule has 1 spiro atoms. The van der Waals surface area contributed by atoms with Gasteiger partial charge < -0.3 is 36.6 Å². The molecular formula is C23H25F6N7O6. The van der Waals surface area contributed by atoms with Gasteiger partial charge in [-0.3, -0.25) is 14.5 Å². The van der Waals surface area contributed by atoms with Crippen molar-refractivity contribution in [1.82, 2.24) is 15.1 Å². The van der Waals surface area contributed by atoms with E-state index < -0.39 is 95.5 Å². The summed E-state index contributed by atoms with van der Waals surface area (Å²) in [5, 5.41) is 25.2. The second kappa shape index (κ2) is 9.72. The molecule has 2 amide bonds. The second-order valence-corrected chi connectivity index (χ2v) is 9.79. The molecule has 0 radical (unpaired) electrons. The van der Waals surface area contributed by atoms with Gasteiger partial charge in [-0.05, 0) is 18.2 Å². The van der Waals surface area contributed by atoms with Crippen LogP contribution in [0.4, 0.5) is 26.3 Å². The van der Waals surface area contributed by atoms with Crippen LogP contribution in [0.1, 0.15) is 41.8 Å². The second-order valence-electron chi connectivity index (χ2n) is 9.79. The van der Waals surface area contributed by atoms with Crippen LogP contribution in [0.5, 0.6) is 0 Å². The number of carbonyl (C=O) groups excluding carboxylic acids is 3. The fourth-order valence-corrected chi connectivity index (χ4v) is 5.51. The van der Waals surface area contributed by atoms with Gasteiger partial charge in [0.1, 0.15) is 6.04 Å². The number of aliphatic hydroxyl groups is 2. The number of hydrogen-bond acceptors (Lipinski definition) is 12. The molecule has 4 heterocycles. The number of guanidine groups is 2. The Morgan fingerprint density at radius 1 is 1.07 bits per heavy atom. The molecule has 2 saturated heterocycles. The van der Waals surface area contributed by atoms with Crippen LogP contribution in [-0.4, -0.2) is 92.4 Å². The average molecular weight is 609 g/mol. The van der Waals surface area contributed by atoms with E-state index in [1.807, 2.05) is 0 Å². The van der Waals surface area contributed by atoms with Crippen LogP contribution in [-0.2, 0) is 26.7 Å². The molecule has 5 rings (SSSR count). The molecule has 4 aliphatic heterocycles. The molecule has 1 aromatic rings. The normalized spacial score (nSPS) is 28.4. The van der Waals surface area contributed by atoms with Crippen molar-refractivity contribution >= 4 is 29.7 Å². The highest BCUT2D eigenvalue weighted by Crippen LogP contribution is 2.46. The number of likely N-dealkylation sites (tertiary alicyclic amines) is 1. The number of esters is 1. The number of ether oxygens (including phenoxy) is 1. The first-order valence-electron chi connectivity index (χ1n) is 11.9. The number of imide groups is 1. The maximum atomic E-state index is 13.6. The first-order valence-corrected chi connectivity index (χ1v) is 11.9. The van der Waals surface area contributed by atoms with Gasteiger partial charge in [0, 0.05) is 12.8 Å². The monoisotopic (exact) mass is 609 g/mol. The highest BCUT2D eigenvalue weighted by molar-refractivity contribution is 6.02. The zero-order valence-corrected chi connectivity index (χ0v) is 20.5. The molecule has 0 saturated carbocycles. The topological polar surface area (TPSA) is 196 Å². The first-order chi connectivity index (χ1) is 18.9. The van der Waals surface area contributed by atoms with E-state index in [2.05, 4.69) is 15.3 Å². The summed E-state index contributed by atoms with van der Waals surface area (Å²) in [4.78, 5) is 47.4. The molecule has 0 aromatic heterocycles. The van der Waals surface area contributed by atoms with Gasteiger partial charge in [0.05, 0.1) is 35.8 Å². The summed E-state index contributed by atoms with van der Waals surface area (Å²) < 4.78 is 85.3. The number of aliphatic imine (C=N–C) groups is 2. The van der Waals surface area contributed by atoms with E-state index in [4.69, 9.17) is 16.2 Å². The lowest BCUT2D eigenvalue weighted by Crippen LogP contribution is -2.77. The van der Waals surface area contributed by atoms with E-state index in [1.165, 1.54) is 0 Å². The van der Waals surface area contributed by atoms with Gasteiger partial charge in [-0.2, -0.15) is 26.3 Å². The van der Waals surface area contributed by atoms with Crippen LogP contribution in [0.15, 0.2) is 28.2 Å². The van der Waals surface area contributed by atoms with Crippen molar-refractivity contribution < 1.29 is 55.7 Å². The summed E-state index contributed by atoms with van der Waals surface area (Å²) in [5.74, 6) is -7.06. The largest absolute Gasteiger partial charge is 0.451 e.